The third kappa shape index (κ3) is 5.04. The lowest BCUT2D eigenvalue weighted by Gasteiger charge is -2.27. The Labute approximate surface area is 161 Å². The highest BCUT2D eigenvalue weighted by atomic mass is 32.2. The molecular weight excluding hydrogens is 390 g/mol. The van der Waals surface area contributed by atoms with Gasteiger partial charge in [0.2, 0.25) is 0 Å². The lowest BCUT2D eigenvalue weighted by atomic mass is 10.1. The molecule has 2 heterocycles. The Hall–Kier alpha value is -2.01. The fraction of sp³-hybridized carbons (Fsp3) is 0.412. The molecule has 0 bridgehead atoms. The van der Waals surface area contributed by atoms with Gasteiger partial charge in [0.05, 0.1) is 18.1 Å². The van der Waals surface area contributed by atoms with Gasteiger partial charge < -0.3 is 10.1 Å². The second-order valence-corrected chi connectivity index (χ2v) is 9.61. The number of hydrogen-bond acceptors (Lipinski definition) is 8. The number of thiophene rings is 1. The summed E-state index contributed by atoms with van der Waals surface area (Å²) in [5, 5.41) is 14.6. The maximum atomic E-state index is 11.7. The van der Waals surface area contributed by atoms with Crippen LogP contribution < -0.4 is 5.32 Å². The van der Waals surface area contributed by atoms with Crippen LogP contribution in [-0.2, 0) is 27.7 Å². The first kappa shape index (κ1) is 19.7. The Kier molecular flexibility index (Phi) is 6.10. The van der Waals surface area contributed by atoms with E-state index >= 15 is 0 Å². The standard InChI is InChI=1S/C17H21N3O5S2/c1-27(23,24)16-10-15(20(21)22)17(26-16)18-11-13-4-2-3-5-14(13)12-19-6-8-25-9-7-19/h2-5,10,18H,6-9,11-12H2,1H3. The van der Waals surface area contributed by atoms with Crippen LogP contribution in [0, 0.1) is 10.1 Å². The van der Waals surface area contributed by atoms with E-state index in [0.29, 0.717) is 6.54 Å². The maximum absolute atomic E-state index is 11.7. The van der Waals surface area contributed by atoms with E-state index < -0.39 is 14.8 Å². The smallest absolute Gasteiger partial charge is 0.304 e. The molecule has 27 heavy (non-hydrogen) atoms. The summed E-state index contributed by atoms with van der Waals surface area (Å²) in [6.07, 6.45) is 1.05. The molecule has 2 aromatic rings. The first-order valence-corrected chi connectivity index (χ1v) is 11.1. The van der Waals surface area contributed by atoms with Crippen molar-refractivity contribution in [3.63, 3.8) is 0 Å². The molecule has 0 atom stereocenters. The predicted molar refractivity (Wildman–Crippen MR) is 104 cm³/mol. The number of anilines is 1. The van der Waals surface area contributed by atoms with Crippen molar-refractivity contribution in [2.24, 2.45) is 0 Å². The molecule has 0 saturated carbocycles. The molecule has 146 valence electrons. The minimum absolute atomic E-state index is 0.0155. The molecule has 0 radical (unpaired) electrons. The molecule has 1 aromatic heterocycles. The Balaban J connectivity index is 1.77. The van der Waals surface area contributed by atoms with Crippen molar-refractivity contribution in [1.29, 1.82) is 0 Å². The normalized spacial score (nSPS) is 15.6. The third-order valence-corrected chi connectivity index (χ3v) is 7.19. The SMILES string of the molecule is CS(=O)(=O)c1cc([N+](=O)[O-])c(NCc2ccccc2CN2CCOCC2)s1. The van der Waals surface area contributed by atoms with Crippen LogP contribution in [0.25, 0.3) is 0 Å². The Morgan fingerprint density at radius 1 is 1.26 bits per heavy atom. The van der Waals surface area contributed by atoms with Gasteiger partial charge in [0.1, 0.15) is 4.21 Å². The number of benzene rings is 1. The van der Waals surface area contributed by atoms with E-state index in [2.05, 4.69) is 10.2 Å². The van der Waals surface area contributed by atoms with Gasteiger partial charge in [-0.25, -0.2) is 8.42 Å². The summed E-state index contributed by atoms with van der Waals surface area (Å²) in [6.45, 7) is 4.34. The first-order chi connectivity index (χ1) is 12.8. The Morgan fingerprint density at radius 2 is 1.93 bits per heavy atom. The molecule has 1 aromatic carbocycles. The molecule has 1 aliphatic heterocycles. The van der Waals surface area contributed by atoms with Gasteiger partial charge >= 0.3 is 5.69 Å². The number of hydrogen-bond donors (Lipinski definition) is 1. The summed E-state index contributed by atoms with van der Waals surface area (Å²) >= 11 is 0.888. The van der Waals surface area contributed by atoms with Crippen molar-refractivity contribution in [1.82, 2.24) is 4.90 Å². The monoisotopic (exact) mass is 411 g/mol. The molecule has 0 aliphatic carbocycles. The predicted octanol–water partition coefficient (Wildman–Crippen LogP) is 2.50. The largest absolute Gasteiger partial charge is 0.379 e. The topological polar surface area (TPSA) is 102 Å². The van der Waals surface area contributed by atoms with Gasteiger partial charge in [0.25, 0.3) is 0 Å². The van der Waals surface area contributed by atoms with Gasteiger partial charge in [-0.1, -0.05) is 35.6 Å². The van der Waals surface area contributed by atoms with E-state index in [-0.39, 0.29) is 14.9 Å². The highest BCUT2D eigenvalue weighted by Gasteiger charge is 2.23. The van der Waals surface area contributed by atoms with E-state index in [1.807, 2.05) is 24.3 Å². The van der Waals surface area contributed by atoms with Crippen molar-refractivity contribution in [2.45, 2.75) is 17.3 Å². The number of nitrogens with zero attached hydrogens (tertiary/aromatic N) is 2. The summed E-state index contributed by atoms with van der Waals surface area (Å²) in [7, 11) is -3.49. The van der Waals surface area contributed by atoms with Crippen LogP contribution in [-0.4, -0.2) is 50.8 Å². The van der Waals surface area contributed by atoms with Crippen LogP contribution in [0.2, 0.25) is 0 Å². The fourth-order valence-electron chi connectivity index (χ4n) is 2.86. The minimum atomic E-state index is -3.49. The van der Waals surface area contributed by atoms with Crippen molar-refractivity contribution < 1.29 is 18.1 Å². The molecule has 1 N–H and O–H groups in total. The number of ether oxygens (including phenoxy) is 1. The molecule has 0 unspecified atom stereocenters. The number of sulfone groups is 1. The van der Waals surface area contributed by atoms with Crippen molar-refractivity contribution in [3.8, 4) is 0 Å². The van der Waals surface area contributed by atoms with Crippen molar-refractivity contribution >= 4 is 31.9 Å². The fourth-order valence-corrected chi connectivity index (χ4v) is 4.80. The summed E-state index contributed by atoms with van der Waals surface area (Å²) in [6, 6.07) is 9.01. The zero-order chi connectivity index (χ0) is 19.4. The van der Waals surface area contributed by atoms with Crippen LogP contribution in [0.5, 0.6) is 0 Å². The van der Waals surface area contributed by atoms with Gasteiger partial charge in [-0.2, -0.15) is 0 Å². The average Bonchev–Trinajstić information content (AvgIpc) is 3.07. The van der Waals surface area contributed by atoms with Crippen molar-refractivity contribution in [2.75, 3.05) is 37.9 Å². The zero-order valence-electron chi connectivity index (χ0n) is 14.9. The maximum Gasteiger partial charge on any atom is 0.304 e. The second kappa shape index (κ2) is 8.34. The molecule has 1 saturated heterocycles. The van der Waals surface area contributed by atoms with Crippen LogP contribution in [0.1, 0.15) is 11.1 Å². The van der Waals surface area contributed by atoms with E-state index in [4.69, 9.17) is 4.74 Å². The number of nitrogens with one attached hydrogen (secondary N) is 1. The van der Waals surface area contributed by atoms with Gasteiger partial charge in [-0.15, -0.1) is 0 Å². The number of nitro groups is 1. The Bertz CT molecular complexity index is 920. The lowest BCUT2D eigenvalue weighted by Crippen LogP contribution is -2.35. The van der Waals surface area contributed by atoms with Crippen LogP contribution in [0.3, 0.4) is 0 Å². The first-order valence-electron chi connectivity index (χ1n) is 8.43. The lowest BCUT2D eigenvalue weighted by molar-refractivity contribution is -0.383. The second-order valence-electron chi connectivity index (χ2n) is 6.32. The highest BCUT2D eigenvalue weighted by Crippen LogP contribution is 2.37. The number of rotatable bonds is 7. The van der Waals surface area contributed by atoms with E-state index in [1.165, 1.54) is 0 Å². The van der Waals surface area contributed by atoms with E-state index in [9.17, 15) is 18.5 Å². The molecule has 0 amide bonds. The minimum Gasteiger partial charge on any atom is -0.379 e. The summed E-state index contributed by atoms with van der Waals surface area (Å²) < 4.78 is 28.8. The molecule has 0 spiro atoms. The molecule has 8 nitrogen and oxygen atoms in total. The van der Waals surface area contributed by atoms with Gasteiger partial charge in [0, 0.05) is 38.5 Å². The van der Waals surface area contributed by atoms with Crippen molar-refractivity contribution in [3.05, 3.63) is 51.6 Å². The van der Waals surface area contributed by atoms with Gasteiger partial charge in [-0.05, 0) is 11.1 Å². The number of morpholine rings is 1. The average molecular weight is 412 g/mol. The summed E-state index contributed by atoms with van der Waals surface area (Å²) in [5.74, 6) is 0. The molecular formula is C17H21N3O5S2. The van der Waals surface area contributed by atoms with Crippen LogP contribution in [0.4, 0.5) is 10.7 Å². The molecule has 1 aliphatic rings. The van der Waals surface area contributed by atoms with Crippen LogP contribution in [0.15, 0.2) is 34.5 Å². The molecule has 1 fully saturated rings. The zero-order valence-corrected chi connectivity index (χ0v) is 16.5. The van der Waals surface area contributed by atoms with Crippen LogP contribution >= 0.6 is 11.3 Å². The highest BCUT2D eigenvalue weighted by molar-refractivity contribution is 7.92. The third-order valence-electron chi connectivity index (χ3n) is 4.31. The van der Waals surface area contributed by atoms with E-state index in [1.54, 1.807) is 0 Å². The van der Waals surface area contributed by atoms with Gasteiger partial charge in [0.15, 0.2) is 14.8 Å². The van der Waals surface area contributed by atoms with Gasteiger partial charge in [-0.3, -0.25) is 15.0 Å². The molecule has 10 heteroatoms. The Morgan fingerprint density at radius 3 is 2.56 bits per heavy atom. The summed E-state index contributed by atoms with van der Waals surface area (Å²) in [4.78, 5) is 13.0. The van der Waals surface area contributed by atoms with E-state index in [0.717, 1.165) is 67.6 Å². The molecule has 3 rings (SSSR count). The quantitative estimate of drug-likeness (QED) is 0.552. The summed E-state index contributed by atoms with van der Waals surface area (Å²) in [5.41, 5.74) is 1.94.